The lowest BCUT2D eigenvalue weighted by molar-refractivity contribution is 0.343. The molecule has 5 nitrogen and oxygen atoms in total. The Morgan fingerprint density at radius 3 is 2.86 bits per heavy atom. The Labute approximate surface area is 126 Å². The van der Waals surface area contributed by atoms with Crippen molar-refractivity contribution in [2.24, 2.45) is 0 Å². The highest BCUT2D eigenvalue weighted by Gasteiger charge is 2.17. The number of hydrogen-bond acceptors (Lipinski definition) is 4. The van der Waals surface area contributed by atoms with E-state index >= 15 is 0 Å². The minimum absolute atomic E-state index is 0.0421. The number of aromatic nitrogens is 3. The molecular weight excluding hydrogens is 284 g/mol. The molecule has 0 radical (unpaired) electrons. The van der Waals surface area contributed by atoms with Crippen molar-refractivity contribution in [1.29, 1.82) is 0 Å². The number of piperidine rings is 1. The summed E-state index contributed by atoms with van der Waals surface area (Å²) >= 11 is 1.48. The third kappa shape index (κ3) is 2.20. The van der Waals surface area contributed by atoms with E-state index < -0.39 is 0 Å². The lowest BCUT2D eigenvalue weighted by atomic mass is 10.1. The highest BCUT2D eigenvalue weighted by atomic mass is 32.1. The van der Waals surface area contributed by atoms with E-state index in [4.69, 9.17) is 0 Å². The van der Waals surface area contributed by atoms with Gasteiger partial charge in [-0.25, -0.2) is 3.96 Å². The number of nitrogens with zero attached hydrogens (tertiary/aromatic N) is 3. The molecule has 0 aliphatic carbocycles. The molecule has 2 aromatic heterocycles. The topological polar surface area (TPSA) is 51.9 Å². The fourth-order valence-corrected chi connectivity index (χ4v) is 3.82. The zero-order valence-corrected chi connectivity index (χ0v) is 12.3. The molecule has 0 atom stereocenters. The molecule has 1 N–H and O–H groups in total. The van der Waals surface area contributed by atoms with Gasteiger partial charge in [0.15, 0.2) is 0 Å². The van der Waals surface area contributed by atoms with Crippen LogP contribution in [0.15, 0.2) is 41.5 Å². The lowest BCUT2D eigenvalue weighted by Gasteiger charge is -2.22. The van der Waals surface area contributed by atoms with Crippen LogP contribution in [0.25, 0.3) is 15.8 Å². The van der Waals surface area contributed by atoms with Crippen molar-refractivity contribution in [2.45, 2.75) is 18.9 Å². The number of benzene rings is 1. The number of hydrogen-bond donors (Lipinski definition) is 1. The normalized spacial score (nSPS) is 16.6. The maximum absolute atomic E-state index is 12.4. The zero-order chi connectivity index (χ0) is 14.2. The van der Waals surface area contributed by atoms with Crippen LogP contribution in [-0.2, 0) is 0 Å². The van der Waals surface area contributed by atoms with Crippen LogP contribution in [-0.4, -0.2) is 26.8 Å². The van der Waals surface area contributed by atoms with E-state index in [2.05, 4.69) is 10.4 Å². The second kappa shape index (κ2) is 5.13. The minimum Gasteiger partial charge on any atom is -0.317 e. The first-order chi connectivity index (χ1) is 10.3. The van der Waals surface area contributed by atoms with Gasteiger partial charge in [0.25, 0.3) is 5.56 Å². The molecule has 3 heterocycles. The summed E-state index contributed by atoms with van der Waals surface area (Å²) in [6.07, 6.45) is 5.95. The van der Waals surface area contributed by atoms with Gasteiger partial charge >= 0.3 is 0 Å². The Morgan fingerprint density at radius 1 is 1.24 bits per heavy atom. The van der Waals surface area contributed by atoms with E-state index in [1.807, 2.05) is 35.1 Å². The predicted molar refractivity (Wildman–Crippen MR) is 84.3 cm³/mol. The van der Waals surface area contributed by atoms with Gasteiger partial charge in [0.05, 0.1) is 34.2 Å². The van der Waals surface area contributed by atoms with E-state index in [9.17, 15) is 4.79 Å². The van der Waals surface area contributed by atoms with Crippen LogP contribution in [0.1, 0.15) is 18.9 Å². The molecular formula is C15H16N4OS. The Balaban J connectivity index is 1.74. The minimum atomic E-state index is 0.0421. The highest BCUT2D eigenvalue weighted by Crippen LogP contribution is 2.22. The first-order valence-electron chi connectivity index (χ1n) is 7.19. The van der Waals surface area contributed by atoms with Gasteiger partial charge in [-0.1, -0.05) is 23.7 Å². The summed E-state index contributed by atoms with van der Waals surface area (Å²) in [5, 5.41) is 8.59. The van der Waals surface area contributed by atoms with Crippen molar-refractivity contribution in [1.82, 2.24) is 19.1 Å². The van der Waals surface area contributed by atoms with Crippen molar-refractivity contribution < 1.29 is 0 Å². The van der Waals surface area contributed by atoms with Gasteiger partial charge in [-0.2, -0.15) is 5.10 Å². The smallest absolute Gasteiger partial charge is 0.273 e. The SMILES string of the molecule is O=c1c2ccccc2sn1-c1cnn(C2CCNCC2)c1. The van der Waals surface area contributed by atoms with E-state index in [1.54, 1.807) is 10.2 Å². The molecule has 108 valence electrons. The van der Waals surface area contributed by atoms with Gasteiger partial charge in [-0.15, -0.1) is 0 Å². The van der Waals surface area contributed by atoms with Crippen LogP contribution in [0.3, 0.4) is 0 Å². The van der Waals surface area contributed by atoms with Crippen LogP contribution in [0.2, 0.25) is 0 Å². The second-order valence-corrected chi connectivity index (χ2v) is 6.33. The summed E-state index contributed by atoms with van der Waals surface area (Å²) in [6, 6.07) is 8.15. The Morgan fingerprint density at radius 2 is 2.05 bits per heavy atom. The summed E-state index contributed by atoms with van der Waals surface area (Å²) in [7, 11) is 0. The van der Waals surface area contributed by atoms with Gasteiger partial charge in [0.1, 0.15) is 0 Å². The van der Waals surface area contributed by atoms with Crippen LogP contribution in [0.5, 0.6) is 0 Å². The summed E-state index contributed by atoms with van der Waals surface area (Å²) in [4.78, 5) is 12.4. The van der Waals surface area contributed by atoms with E-state index in [0.717, 1.165) is 41.7 Å². The Hall–Kier alpha value is -1.92. The monoisotopic (exact) mass is 300 g/mol. The Kier molecular flexibility index (Phi) is 3.12. The van der Waals surface area contributed by atoms with Gasteiger partial charge in [-0.3, -0.25) is 9.48 Å². The van der Waals surface area contributed by atoms with Crippen molar-refractivity contribution in [3.05, 3.63) is 47.0 Å². The molecule has 3 aromatic rings. The molecule has 0 amide bonds. The molecule has 0 saturated carbocycles. The molecule has 1 aliphatic rings. The van der Waals surface area contributed by atoms with Gasteiger partial charge in [0.2, 0.25) is 0 Å². The van der Waals surface area contributed by atoms with Crippen LogP contribution in [0.4, 0.5) is 0 Å². The third-order valence-electron chi connectivity index (χ3n) is 4.00. The van der Waals surface area contributed by atoms with Crippen LogP contribution < -0.4 is 10.9 Å². The molecule has 1 saturated heterocycles. The third-order valence-corrected chi connectivity index (χ3v) is 5.11. The maximum atomic E-state index is 12.4. The molecule has 1 aliphatic heterocycles. The summed E-state index contributed by atoms with van der Waals surface area (Å²) in [5.41, 5.74) is 0.903. The molecule has 0 unspecified atom stereocenters. The molecule has 0 spiro atoms. The molecule has 4 rings (SSSR count). The number of fused-ring (bicyclic) bond motifs is 1. The quantitative estimate of drug-likeness (QED) is 0.789. The van der Waals surface area contributed by atoms with Crippen molar-refractivity contribution >= 4 is 21.6 Å². The van der Waals surface area contributed by atoms with E-state index in [-0.39, 0.29) is 5.56 Å². The lowest BCUT2D eigenvalue weighted by Crippen LogP contribution is -2.29. The zero-order valence-electron chi connectivity index (χ0n) is 11.5. The van der Waals surface area contributed by atoms with Crippen molar-refractivity contribution in [3.63, 3.8) is 0 Å². The van der Waals surface area contributed by atoms with Crippen molar-refractivity contribution in [3.8, 4) is 5.69 Å². The highest BCUT2D eigenvalue weighted by molar-refractivity contribution is 7.14. The van der Waals surface area contributed by atoms with Gasteiger partial charge in [-0.05, 0) is 38.1 Å². The Bertz CT molecular complexity index is 825. The number of rotatable bonds is 2. The van der Waals surface area contributed by atoms with E-state index in [1.165, 1.54) is 11.5 Å². The average Bonchev–Trinajstić information content (AvgIpc) is 3.14. The van der Waals surface area contributed by atoms with Crippen molar-refractivity contribution in [2.75, 3.05) is 13.1 Å². The maximum Gasteiger partial charge on any atom is 0.273 e. The predicted octanol–water partition coefficient (Wildman–Crippen LogP) is 2.17. The summed E-state index contributed by atoms with van der Waals surface area (Å²) in [5.74, 6) is 0. The summed E-state index contributed by atoms with van der Waals surface area (Å²) in [6.45, 7) is 2.06. The van der Waals surface area contributed by atoms with Gasteiger partial charge in [0, 0.05) is 0 Å². The fraction of sp³-hybridized carbons (Fsp3) is 0.333. The molecule has 0 bridgehead atoms. The summed E-state index contributed by atoms with van der Waals surface area (Å²) < 4.78 is 4.75. The molecule has 6 heteroatoms. The van der Waals surface area contributed by atoms with Crippen LogP contribution in [0, 0.1) is 0 Å². The first-order valence-corrected chi connectivity index (χ1v) is 7.96. The molecule has 1 fully saturated rings. The van der Waals surface area contributed by atoms with E-state index in [0.29, 0.717) is 6.04 Å². The fourth-order valence-electron chi connectivity index (χ4n) is 2.85. The van der Waals surface area contributed by atoms with Crippen LogP contribution >= 0.6 is 11.5 Å². The second-order valence-electron chi connectivity index (χ2n) is 5.35. The van der Waals surface area contributed by atoms with Gasteiger partial charge < -0.3 is 5.32 Å². The average molecular weight is 300 g/mol. The number of nitrogens with one attached hydrogen (secondary N) is 1. The first kappa shape index (κ1) is 12.8. The molecule has 21 heavy (non-hydrogen) atoms. The standard InChI is InChI=1S/C15H16N4OS/c20-15-13-3-1-2-4-14(13)21-19(15)12-9-17-18(10-12)11-5-7-16-8-6-11/h1-4,9-11,16H,5-8H2. The largest absolute Gasteiger partial charge is 0.317 e. The molecule has 1 aromatic carbocycles.